The highest BCUT2D eigenvalue weighted by atomic mass is 79.9. The van der Waals surface area contributed by atoms with Gasteiger partial charge in [-0.05, 0) is 234 Å². The maximum Gasteiger partial charge on any atom is 0.189 e. The number of thiophene rings is 4. The molecule has 0 aliphatic carbocycles. The van der Waals surface area contributed by atoms with E-state index in [1.54, 1.807) is 45.3 Å². The maximum atomic E-state index is 12.1. The Hall–Kier alpha value is -10.6. The Bertz CT molecular complexity index is 6500. The molecule has 3 N–H and O–H groups in total. The van der Waals surface area contributed by atoms with Crippen molar-refractivity contribution in [3.8, 4) is 101 Å². The van der Waals surface area contributed by atoms with E-state index < -0.39 is 0 Å². The number of carbonyl (C=O) groups excluding carboxylic acids is 1. The van der Waals surface area contributed by atoms with E-state index in [1.165, 1.54) is 76.7 Å². The number of nitrogens with zero attached hydrogens (tertiary/aromatic N) is 2. The molecule has 133 heavy (non-hydrogen) atoms. The second kappa shape index (κ2) is 41.3. The number of nitrogens with one attached hydrogen (secondary N) is 1. The second-order valence-corrected chi connectivity index (χ2v) is 45.9. The van der Waals surface area contributed by atoms with E-state index in [4.69, 9.17) is 38.0 Å². The Labute approximate surface area is 817 Å². The van der Waals surface area contributed by atoms with Crippen LogP contribution in [0.5, 0.6) is 46.0 Å². The molecule has 19 heteroatoms. The monoisotopic (exact) mass is 1980 g/mol. The van der Waals surface area contributed by atoms with Crippen LogP contribution in [0.4, 0.5) is 0 Å². The predicted octanol–water partition coefficient (Wildman–Crippen LogP) is 33.6. The highest BCUT2D eigenvalue weighted by molar-refractivity contribution is 9.11. The second-order valence-electron chi connectivity index (χ2n) is 39.8. The Kier molecular flexibility index (Phi) is 30.6. The summed E-state index contributed by atoms with van der Waals surface area (Å²) in [6.45, 7) is 50.2. The summed E-state index contributed by atoms with van der Waals surface area (Å²) in [4.78, 5) is 11.5. The number of fused-ring (bicyclic) bond motifs is 9. The van der Waals surface area contributed by atoms with Crippen molar-refractivity contribution in [3.05, 3.63) is 269 Å². The maximum absolute atomic E-state index is 12.1. The fraction of sp³-hybridized carbons (Fsp3) is 0.325. The number of H-pyrrole nitrogens is 1. The van der Waals surface area contributed by atoms with Gasteiger partial charge >= 0.3 is 0 Å². The van der Waals surface area contributed by atoms with E-state index >= 15 is 0 Å². The molecular weight excluding hydrogens is 1860 g/mol. The van der Waals surface area contributed by atoms with Crippen LogP contribution in [0.3, 0.4) is 0 Å². The third kappa shape index (κ3) is 21.9. The van der Waals surface area contributed by atoms with Gasteiger partial charge in [-0.25, -0.2) is 0 Å². The van der Waals surface area contributed by atoms with Gasteiger partial charge in [0.05, 0.1) is 55.1 Å². The number of halogens is 2. The van der Waals surface area contributed by atoms with E-state index in [2.05, 4.69) is 303 Å². The van der Waals surface area contributed by atoms with Crippen LogP contribution in [0, 0.1) is 0 Å². The standard InChI is InChI=1S/C64H68N2O4S2.C29H30Br2O5S2.C20H25N.CH2O/c1-61(2,3)39-23-27-51-45(33-39)46-34-40(62(4,5)6)24-28-52(46)65(51)59-57(67)49(37-71-59)43-19-13-15-21-55(43)69-31-17-18-32-70-56-22-16-14-20-44(56)50-38-72-60(58(50)68)66-53-29-25-41(63(7,8)9)35-47(53)48-36-42(64(10,11)12)26-30-54(48)66;1-3-32-19-36-27-23(18-38-29(27)31)21-12-6-8-14-25(21)35-16-10-9-15-34-24-13-7-5-11-20(24)22-17-37-28(30)26(22)33-4-2;1-19(2,3)13-7-9-17-15(11-13)16-12-14(20(4,5)6)8-10-18(16)21-17;1-2/h13-16,19-30,33-38,67-68H,17-18,31-32H2,1-12H3;5-8,11-14,17-18H,3-4,9-10,15-16,19H2,1-2H3;7-12,21H,1-6H3;1H2. The number of benzene rings is 10. The number of hydrogen-bond acceptors (Lipinski definition) is 14. The number of para-hydroxylation sites is 4. The molecule has 0 fully saturated rings. The Morgan fingerprint density at radius 3 is 0.865 bits per heavy atom. The smallest absolute Gasteiger partial charge is 0.189 e. The number of hydrogen-bond donors (Lipinski definition) is 3. The van der Waals surface area contributed by atoms with Crippen LogP contribution < -0.4 is 28.4 Å². The molecule has 0 spiro atoms. The summed E-state index contributed by atoms with van der Waals surface area (Å²) in [6, 6.07) is 72.8. The summed E-state index contributed by atoms with van der Waals surface area (Å²) < 4.78 is 48.8. The third-order valence-electron chi connectivity index (χ3n) is 24.2. The average molecular weight is 1990 g/mol. The summed E-state index contributed by atoms with van der Waals surface area (Å²) >= 11 is 13.5. The Morgan fingerprint density at radius 1 is 0.316 bits per heavy atom. The molecule has 0 bridgehead atoms. The summed E-state index contributed by atoms with van der Waals surface area (Å²) in [5.74, 6) is 5.26. The summed E-state index contributed by atoms with van der Waals surface area (Å²) in [5, 5.41) is 41.5. The van der Waals surface area contributed by atoms with Gasteiger partial charge in [0.25, 0.3) is 0 Å². The lowest BCUT2D eigenvalue weighted by molar-refractivity contribution is -0.0980. The van der Waals surface area contributed by atoms with Gasteiger partial charge in [0, 0.05) is 116 Å². The zero-order chi connectivity index (χ0) is 95.2. The van der Waals surface area contributed by atoms with Crippen LogP contribution in [0.15, 0.2) is 235 Å². The largest absolute Gasteiger partial charge is 0.504 e. The molecule has 0 amide bonds. The number of rotatable bonds is 26. The van der Waals surface area contributed by atoms with E-state index in [-0.39, 0.29) is 50.8 Å². The first-order valence-corrected chi connectivity index (χ1v) is 50.9. The Balaban J connectivity index is 0.000000192. The highest BCUT2D eigenvalue weighted by Crippen LogP contribution is 2.52. The first-order chi connectivity index (χ1) is 63.4. The van der Waals surface area contributed by atoms with Crippen molar-refractivity contribution in [1.82, 2.24) is 14.1 Å². The van der Waals surface area contributed by atoms with Gasteiger partial charge in [0.15, 0.2) is 29.8 Å². The van der Waals surface area contributed by atoms with Gasteiger partial charge in [0.2, 0.25) is 0 Å². The van der Waals surface area contributed by atoms with Gasteiger partial charge < -0.3 is 53.1 Å². The van der Waals surface area contributed by atoms with Crippen LogP contribution in [0.1, 0.15) is 198 Å². The van der Waals surface area contributed by atoms with Gasteiger partial charge in [-0.1, -0.05) is 234 Å². The molecule has 7 heterocycles. The molecule has 7 aromatic heterocycles. The summed E-state index contributed by atoms with van der Waals surface area (Å²) in [7, 11) is 0. The summed E-state index contributed by atoms with van der Waals surface area (Å²) in [5.41, 5.74) is 22.3. The van der Waals surface area contributed by atoms with Crippen LogP contribution >= 0.6 is 77.2 Å². The minimum Gasteiger partial charge on any atom is -0.504 e. The van der Waals surface area contributed by atoms with Crippen molar-refractivity contribution < 1.29 is 48.2 Å². The lowest BCUT2D eigenvalue weighted by Crippen LogP contribution is -2.10. The number of aromatic nitrogens is 3. The highest BCUT2D eigenvalue weighted by Gasteiger charge is 2.30. The molecule has 0 unspecified atom stereocenters. The Morgan fingerprint density at radius 2 is 0.579 bits per heavy atom. The van der Waals surface area contributed by atoms with Gasteiger partial charge in [-0.3, -0.25) is 9.13 Å². The third-order valence-corrected chi connectivity index (χ3v) is 29.5. The van der Waals surface area contributed by atoms with E-state index in [1.807, 2.05) is 116 Å². The van der Waals surface area contributed by atoms with E-state index in [9.17, 15) is 10.2 Å². The van der Waals surface area contributed by atoms with Crippen molar-refractivity contribution in [1.29, 1.82) is 0 Å². The van der Waals surface area contributed by atoms with E-state index in [0.29, 0.717) is 39.6 Å². The van der Waals surface area contributed by atoms with E-state index in [0.717, 1.165) is 144 Å². The fourth-order valence-corrected chi connectivity index (χ4v) is 21.2. The summed E-state index contributed by atoms with van der Waals surface area (Å²) in [6.07, 6.45) is 3.27. The molecule has 0 saturated carbocycles. The fourth-order valence-electron chi connectivity index (χ4n) is 16.6. The van der Waals surface area contributed by atoms with Crippen LogP contribution in [0.25, 0.3) is 120 Å². The molecule has 0 aliphatic heterocycles. The van der Waals surface area contributed by atoms with Crippen molar-refractivity contribution in [2.24, 2.45) is 0 Å². The van der Waals surface area contributed by atoms with Gasteiger partial charge in [-0.2, -0.15) is 0 Å². The SMILES string of the molecule is C=O.CC(C)(C)c1ccc2[nH]c3ccc(C(C)(C)C)cc3c2c1.CC(C)(C)c1ccc2c(c1)c1cc(C(C)(C)C)ccc1n2-c1scc(-c2ccccc2OCCCCOc2ccccc2-c2csc(-n3c4ccc(C(C)(C)C)cc4c4cc(C(C)(C)C)ccc43)c2O)c1O.CCOCOc1c(-c2ccccc2OCCCCOc2ccccc2-c2csc(Br)c2OCC)csc1Br. The molecule has 10 aromatic carbocycles. The molecule has 0 atom stereocenters. The van der Waals surface area contributed by atoms with Crippen LogP contribution in [-0.2, 0) is 42.0 Å². The quantitative estimate of drug-likeness (QED) is 0.0353. The number of unbranched alkanes of at least 4 members (excludes halogenated alkanes) is 2. The number of aromatic amines is 1. The topological polar surface area (TPSA) is 148 Å². The lowest BCUT2D eigenvalue weighted by Gasteiger charge is -2.19. The molecule has 17 rings (SSSR count). The minimum atomic E-state index is -0.00329. The molecule has 0 aliphatic rings. The first-order valence-electron chi connectivity index (χ1n) is 45.8. The van der Waals surface area contributed by atoms with Crippen molar-refractivity contribution in [3.63, 3.8) is 0 Å². The molecule has 0 saturated heterocycles. The normalized spacial score (nSPS) is 12.2. The zero-order valence-electron chi connectivity index (χ0n) is 80.4. The average Bonchev–Trinajstić information content (AvgIpc) is 1.57. The predicted molar refractivity (Wildman–Crippen MR) is 570 cm³/mol. The molecule has 0 radical (unpaired) electrons. The van der Waals surface area contributed by atoms with Crippen LogP contribution in [-0.4, -0.2) is 77.6 Å². The minimum absolute atomic E-state index is 0.00329. The van der Waals surface area contributed by atoms with Crippen LogP contribution in [0.2, 0.25) is 0 Å². The lowest BCUT2D eigenvalue weighted by atomic mass is 9.85. The number of aromatic hydroxyl groups is 2. The number of carbonyl (C=O) groups is 1. The molecule has 13 nitrogen and oxygen atoms in total. The first kappa shape index (κ1) is 98.4. The van der Waals surface area contributed by atoms with Gasteiger partial charge in [0.1, 0.15) is 47.4 Å². The van der Waals surface area contributed by atoms with Gasteiger partial charge in [-0.15, -0.1) is 45.3 Å². The van der Waals surface area contributed by atoms with Crippen molar-refractivity contribution >= 4 is 149 Å². The van der Waals surface area contributed by atoms with Crippen molar-refractivity contribution in [2.45, 2.75) is 197 Å². The zero-order valence-corrected chi connectivity index (χ0v) is 86.8. The molecular formula is C114H125Br2N3O10S4. The molecule has 694 valence electrons. The van der Waals surface area contributed by atoms with Crippen molar-refractivity contribution in [2.75, 3.05) is 46.4 Å². The number of ether oxygens (including phenoxy) is 7. The molecule has 17 aromatic rings.